The topological polar surface area (TPSA) is 33.3 Å². The van der Waals surface area contributed by atoms with Crippen LogP contribution in [-0.4, -0.2) is 24.7 Å². The molecular formula is C16H26N2O. The van der Waals surface area contributed by atoms with Crippen molar-refractivity contribution >= 4 is 0 Å². The van der Waals surface area contributed by atoms with Gasteiger partial charge in [0.15, 0.2) is 0 Å². The molecule has 0 aliphatic carbocycles. The number of hydrogen-bond acceptors (Lipinski definition) is 3. The monoisotopic (exact) mass is 262 g/mol. The molecule has 1 unspecified atom stereocenters. The van der Waals surface area contributed by atoms with Crippen LogP contribution in [0.3, 0.4) is 0 Å². The van der Waals surface area contributed by atoms with Crippen LogP contribution in [0.15, 0.2) is 24.3 Å². The SMILES string of the molecule is CCOc1ccc(CNC2CCNC(C)(C)C2)cc1. The maximum Gasteiger partial charge on any atom is 0.119 e. The maximum absolute atomic E-state index is 5.45. The highest BCUT2D eigenvalue weighted by Gasteiger charge is 2.26. The molecule has 1 heterocycles. The van der Waals surface area contributed by atoms with Gasteiger partial charge in [-0.05, 0) is 57.9 Å². The lowest BCUT2D eigenvalue weighted by Crippen LogP contribution is -2.51. The van der Waals surface area contributed by atoms with Crippen LogP contribution < -0.4 is 15.4 Å². The summed E-state index contributed by atoms with van der Waals surface area (Å²) in [6.45, 7) is 9.33. The Morgan fingerprint density at radius 3 is 2.68 bits per heavy atom. The molecule has 1 aliphatic heterocycles. The lowest BCUT2D eigenvalue weighted by molar-refractivity contribution is 0.247. The molecule has 1 saturated heterocycles. The molecule has 2 rings (SSSR count). The van der Waals surface area contributed by atoms with Gasteiger partial charge >= 0.3 is 0 Å². The first-order chi connectivity index (χ1) is 9.09. The largest absolute Gasteiger partial charge is 0.494 e. The maximum atomic E-state index is 5.45. The smallest absolute Gasteiger partial charge is 0.119 e. The molecule has 1 aromatic carbocycles. The summed E-state index contributed by atoms with van der Waals surface area (Å²) < 4.78 is 5.45. The first-order valence-electron chi connectivity index (χ1n) is 7.29. The van der Waals surface area contributed by atoms with E-state index in [1.165, 1.54) is 18.4 Å². The van der Waals surface area contributed by atoms with E-state index in [4.69, 9.17) is 4.74 Å². The molecule has 3 heteroatoms. The Morgan fingerprint density at radius 1 is 1.32 bits per heavy atom. The zero-order chi connectivity index (χ0) is 13.7. The van der Waals surface area contributed by atoms with Crippen LogP contribution in [0.5, 0.6) is 5.75 Å². The summed E-state index contributed by atoms with van der Waals surface area (Å²) in [6, 6.07) is 9.00. The van der Waals surface area contributed by atoms with Gasteiger partial charge in [0.05, 0.1) is 6.61 Å². The van der Waals surface area contributed by atoms with Gasteiger partial charge in [-0.3, -0.25) is 0 Å². The fraction of sp³-hybridized carbons (Fsp3) is 0.625. The first-order valence-corrected chi connectivity index (χ1v) is 7.29. The molecule has 2 N–H and O–H groups in total. The van der Waals surface area contributed by atoms with Crippen LogP contribution in [0.2, 0.25) is 0 Å². The lowest BCUT2D eigenvalue weighted by atomic mass is 9.89. The van der Waals surface area contributed by atoms with E-state index in [1.807, 2.05) is 19.1 Å². The molecule has 0 aromatic heterocycles. The Morgan fingerprint density at radius 2 is 2.05 bits per heavy atom. The summed E-state index contributed by atoms with van der Waals surface area (Å²) in [6.07, 6.45) is 2.39. The van der Waals surface area contributed by atoms with Crippen molar-refractivity contribution in [3.63, 3.8) is 0 Å². The highest BCUT2D eigenvalue weighted by atomic mass is 16.5. The molecule has 0 bridgehead atoms. The van der Waals surface area contributed by atoms with Gasteiger partial charge in [-0.1, -0.05) is 12.1 Å². The lowest BCUT2D eigenvalue weighted by Gasteiger charge is -2.37. The van der Waals surface area contributed by atoms with Crippen molar-refractivity contribution in [3.8, 4) is 5.75 Å². The average Bonchev–Trinajstić information content (AvgIpc) is 2.37. The van der Waals surface area contributed by atoms with E-state index in [2.05, 4.69) is 36.6 Å². The highest BCUT2D eigenvalue weighted by Crippen LogP contribution is 2.19. The number of rotatable bonds is 5. The van der Waals surface area contributed by atoms with Crippen LogP contribution in [0, 0.1) is 0 Å². The van der Waals surface area contributed by atoms with Crippen molar-refractivity contribution in [2.24, 2.45) is 0 Å². The molecule has 1 atom stereocenters. The molecular weight excluding hydrogens is 236 g/mol. The van der Waals surface area contributed by atoms with E-state index in [-0.39, 0.29) is 5.54 Å². The number of hydrogen-bond donors (Lipinski definition) is 2. The Kier molecular flexibility index (Phi) is 4.83. The Balaban J connectivity index is 1.81. The third kappa shape index (κ3) is 4.51. The quantitative estimate of drug-likeness (QED) is 0.856. The van der Waals surface area contributed by atoms with Crippen LogP contribution >= 0.6 is 0 Å². The second kappa shape index (κ2) is 6.40. The fourth-order valence-electron chi connectivity index (χ4n) is 2.68. The molecule has 0 saturated carbocycles. The number of ether oxygens (including phenoxy) is 1. The Hall–Kier alpha value is -1.06. The summed E-state index contributed by atoms with van der Waals surface area (Å²) in [5.74, 6) is 0.953. The average molecular weight is 262 g/mol. The van der Waals surface area contributed by atoms with Gasteiger partial charge in [0.2, 0.25) is 0 Å². The number of piperidine rings is 1. The van der Waals surface area contributed by atoms with Crippen LogP contribution in [0.4, 0.5) is 0 Å². The normalized spacial score (nSPS) is 22.2. The second-order valence-electron chi connectivity index (χ2n) is 5.96. The van der Waals surface area contributed by atoms with E-state index in [1.54, 1.807) is 0 Å². The third-order valence-corrected chi connectivity index (χ3v) is 3.68. The van der Waals surface area contributed by atoms with Gasteiger partial charge in [0.25, 0.3) is 0 Å². The summed E-state index contributed by atoms with van der Waals surface area (Å²) >= 11 is 0. The van der Waals surface area contributed by atoms with E-state index >= 15 is 0 Å². The van der Waals surface area contributed by atoms with Gasteiger partial charge in [-0.15, -0.1) is 0 Å². The van der Waals surface area contributed by atoms with Crippen molar-refractivity contribution in [1.82, 2.24) is 10.6 Å². The van der Waals surface area contributed by atoms with Crippen LogP contribution in [0.1, 0.15) is 39.2 Å². The minimum Gasteiger partial charge on any atom is -0.494 e. The van der Waals surface area contributed by atoms with Gasteiger partial charge in [-0.25, -0.2) is 0 Å². The fourth-order valence-corrected chi connectivity index (χ4v) is 2.68. The van der Waals surface area contributed by atoms with Crippen LogP contribution in [-0.2, 0) is 6.54 Å². The summed E-state index contributed by atoms with van der Waals surface area (Å²) in [5, 5.41) is 7.22. The van der Waals surface area contributed by atoms with Crippen molar-refractivity contribution in [3.05, 3.63) is 29.8 Å². The van der Waals surface area contributed by atoms with Gasteiger partial charge in [0.1, 0.15) is 5.75 Å². The molecule has 106 valence electrons. The molecule has 0 spiro atoms. The molecule has 1 fully saturated rings. The minimum atomic E-state index is 0.259. The van der Waals surface area contributed by atoms with Crippen molar-refractivity contribution in [1.29, 1.82) is 0 Å². The number of benzene rings is 1. The zero-order valence-electron chi connectivity index (χ0n) is 12.3. The summed E-state index contributed by atoms with van der Waals surface area (Å²) in [4.78, 5) is 0. The molecule has 1 aromatic rings. The van der Waals surface area contributed by atoms with Crippen LogP contribution in [0.25, 0.3) is 0 Å². The zero-order valence-corrected chi connectivity index (χ0v) is 12.3. The van der Waals surface area contributed by atoms with Gasteiger partial charge in [0, 0.05) is 18.1 Å². The Labute approximate surface area is 116 Å². The third-order valence-electron chi connectivity index (χ3n) is 3.68. The van der Waals surface area contributed by atoms with E-state index in [9.17, 15) is 0 Å². The molecule has 0 amide bonds. The number of nitrogens with one attached hydrogen (secondary N) is 2. The van der Waals surface area contributed by atoms with Crippen molar-refractivity contribution in [2.75, 3.05) is 13.2 Å². The van der Waals surface area contributed by atoms with E-state index in [0.29, 0.717) is 6.04 Å². The van der Waals surface area contributed by atoms with Crippen molar-refractivity contribution in [2.45, 2.75) is 51.7 Å². The van der Waals surface area contributed by atoms with E-state index < -0.39 is 0 Å². The molecule has 0 radical (unpaired) electrons. The summed E-state index contributed by atoms with van der Waals surface area (Å²) in [5.41, 5.74) is 1.58. The molecule has 3 nitrogen and oxygen atoms in total. The standard InChI is InChI=1S/C16H26N2O/c1-4-19-15-7-5-13(6-8-15)12-17-14-9-10-18-16(2,3)11-14/h5-8,14,17-18H,4,9-12H2,1-3H3. The predicted molar refractivity (Wildman–Crippen MR) is 79.6 cm³/mol. The van der Waals surface area contributed by atoms with Gasteiger partial charge in [-0.2, -0.15) is 0 Å². The first kappa shape index (κ1) is 14.4. The Bertz CT molecular complexity index is 386. The second-order valence-corrected chi connectivity index (χ2v) is 5.96. The van der Waals surface area contributed by atoms with E-state index in [0.717, 1.165) is 25.4 Å². The predicted octanol–water partition coefficient (Wildman–Crippen LogP) is 2.71. The highest BCUT2D eigenvalue weighted by molar-refractivity contribution is 5.27. The van der Waals surface area contributed by atoms with Gasteiger partial charge < -0.3 is 15.4 Å². The van der Waals surface area contributed by atoms with Crippen molar-refractivity contribution < 1.29 is 4.74 Å². The summed E-state index contributed by atoms with van der Waals surface area (Å²) in [7, 11) is 0. The minimum absolute atomic E-state index is 0.259. The molecule has 1 aliphatic rings. The molecule has 19 heavy (non-hydrogen) atoms.